The first-order valence-electron chi connectivity index (χ1n) is 5.21. The van der Waals surface area contributed by atoms with Gasteiger partial charge in [0.15, 0.2) is 9.84 Å². The predicted octanol–water partition coefficient (Wildman–Crippen LogP) is 2.03. The van der Waals surface area contributed by atoms with E-state index in [0.717, 1.165) is 16.8 Å². The van der Waals surface area contributed by atoms with Crippen LogP contribution in [0.2, 0.25) is 0 Å². The molecule has 1 aromatic carbocycles. The molecule has 1 N–H and O–H groups in total. The Hall–Kier alpha value is -1.29. The van der Waals surface area contributed by atoms with Crippen molar-refractivity contribution >= 4 is 15.5 Å². The number of nitrogens with one attached hydrogen (secondary N) is 1. The van der Waals surface area contributed by atoms with Gasteiger partial charge in [0.2, 0.25) is 0 Å². The van der Waals surface area contributed by atoms with Gasteiger partial charge in [-0.15, -0.1) is 0 Å². The van der Waals surface area contributed by atoms with Crippen LogP contribution in [0.25, 0.3) is 0 Å². The van der Waals surface area contributed by atoms with Crippen molar-refractivity contribution in [1.82, 2.24) is 0 Å². The van der Waals surface area contributed by atoms with Gasteiger partial charge in [0.05, 0.1) is 11.8 Å². The molecule has 0 radical (unpaired) electrons. The van der Waals surface area contributed by atoms with Crippen LogP contribution in [0, 0.1) is 13.8 Å². The quantitative estimate of drug-likeness (QED) is 0.856. The molecule has 1 aliphatic heterocycles. The molecule has 0 saturated heterocycles. The van der Waals surface area contributed by atoms with E-state index in [2.05, 4.69) is 5.32 Å². The van der Waals surface area contributed by atoms with Crippen molar-refractivity contribution in [3.8, 4) is 0 Å². The Morgan fingerprint density at radius 1 is 1.31 bits per heavy atom. The molecule has 1 atom stereocenters. The molecule has 86 valence electrons. The van der Waals surface area contributed by atoms with Crippen LogP contribution in [0.5, 0.6) is 0 Å². The summed E-state index contributed by atoms with van der Waals surface area (Å²) < 4.78 is 22.5. The highest BCUT2D eigenvalue weighted by atomic mass is 32.2. The zero-order chi connectivity index (χ0) is 11.8. The van der Waals surface area contributed by atoms with Crippen molar-refractivity contribution in [2.75, 3.05) is 11.1 Å². The van der Waals surface area contributed by atoms with E-state index in [1.807, 2.05) is 32.0 Å². The second kappa shape index (κ2) is 3.94. The SMILES string of the molecule is Cc1ccc(C)c(NC2C=CS(=O)(=O)C2)c1. The molecule has 16 heavy (non-hydrogen) atoms. The number of anilines is 1. The minimum Gasteiger partial charge on any atom is -0.378 e. The summed E-state index contributed by atoms with van der Waals surface area (Å²) in [7, 11) is -2.98. The molecule has 3 nitrogen and oxygen atoms in total. The van der Waals surface area contributed by atoms with Crippen molar-refractivity contribution < 1.29 is 8.42 Å². The number of hydrogen-bond acceptors (Lipinski definition) is 3. The molecule has 0 spiro atoms. The van der Waals surface area contributed by atoms with E-state index in [1.165, 1.54) is 5.41 Å². The van der Waals surface area contributed by atoms with Gasteiger partial charge in [0.1, 0.15) is 0 Å². The van der Waals surface area contributed by atoms with Crippen LogP contribution < -0.4 is 5.32 Å². The highest BCUT2D eigenvalue weighted by molar-refractivity contribution is 7.94. The molecular formula is C12H15NO2S. The lowest BCUT2D eigenvalue weighted by molar-refractivity contribution is 0.605. The van der Waals surface area contributed by atoms with E-state index < -0.39 is 9.84 Å². The summed E-state index contributed by atoms with van der Waals surface area (Å²) in [5.41, 5.74) is 3.30. The van der Waals surface area contributed by atoms with Crippen molar-refractivity contribution in [3.63, 3.8) is 0 Å². The largest absolute Gasteiger partial charge is 0.378 e. The van der Waals surface area contributed by atoms with Gasteiger partial charge in [0.25, 0.3) is 0 Å². The molecule has 1 heterocycles. The lowest BCUT2D eigenvalue weighted by Crippen LogP contribution is -2.21. The first kappa shape index (κ1) is 11.2. The fraction of sp³-hybridized carbons (Fsp3) is 0.333. The Kier molecular flexibility index (Phi) is 2.76. The van der Waals surface area contributed by atoms with E-state index >= 15 is 0 Å². The van der Waals surface area contributed by atoms with Crippen LogP contribution in [0.3, 0.4) is 0 Å². The van der Waals surface area contributed by atoms with Gasteiger partial charge in [-0.3, -0.25) is 0 Å². The molecule has 4 heteroatoms. The van der Waals surface area contributed by atoms with Gasteiger partial charge in [-0.1, -0.05) is 18.2 Å². The Balaban J connectivity index is 2.17. The van der Waals surface area contributed by atoms with E-state index in [1.54, 1.807) is 6.08 Å². The van der Waals surface area contributed by atoms with Crippen molar-refractivity contribution in [3.05, 3.63) is 40.8 Å². The Morgan fingerprint density at radius 2 is 2.06 bits per heavy atom. The van der Waals surface area contributed by atoms with Crippen LogP contribution in [0.1, 0.15) is 11.1 Å². The minimum atomic E-state index is -2.98. The molecule has 0 saturated carbocycles. The molecule has 1 aromatic rings. The zero-order valence-corrected chi connectivity index (χ0v) is 10.2. The predicted molar refractivity (Wildman–Crippen MR) is 66.3 cm³/mol. The maximum absolute atomic E-state index is 11.3. The minimum absolute atomic E-state index is 0.106. The van der Waals surface area contributed by atoms with Gasteiger partial charge in [-0.2, -0.15) is 0 Å². The molecule has 1 unspecified atom stereocenters. The third-order valence-corrected chi connectivity index (χ3v) is 4.06. The summed E-state index contributed by atoms with van der Waals surface area (Å²) in [6, 6.07) is 6.01. The maximum atomic E-state index is 11.3. The number of hydrogen-bond donors (Lipinski definition) is 1. The number of aryl methyl sites for hydroxylation is 2. The Morgan fingerprint density at radius 3 is 2.69 bits per heavy atom. The van der Waals surface area contributed by atoms with Crippen molar-refractivity contribution in [2.24, 2.45) is 0 Å². The second-order valence-corrected chi connectivity index (χ2v) is 6.16. The first-order valence-corrected chi connectivity index (χ1v) is 6.92. The van der Waals surface area contributed by atoms with Crippen LogP contribution >= 0.6 is 0 Å². The number of sulfone groups is 1. The van der Waals surface area contributed by atoms with E-state index in [9.17, 15) is 8.42 Å². The summed E-state index contributed by atoms with van der Waals surface area (Å²) in [5, 5.41) is 4.53. The summed E-state index contributed by atoms with van der Waals surface area (Å²) in [4.78, 5) is 0. The van der Waals surface area contributed by atoms with Gasteiger partial charge >= 0.3 is 0 Å². The lowest BCUT2D eigenvalue weighted by Gasteiger charge is -2.14. The summed E-state index contributed by atoms with van der Waals surface area (Å²) in [6.45, 7) is 4.03. The van der Waals surface area contributed by atoms with Crippen LogP contribution in [0.15, 0.2) is 29.7 Å². The zero-order valence-electron chi connectivity index (χ0n) is 9.40. The van der Waals surface area contributed by atoms with E-state index in [-0.39, 0.29) is 11.8 Å². The van der Waals surface area contributed by atoms with E-state index in [0.29, 0.717) is 0 Å². The fourth-order valence-corrected chi connectivity index (χ4v) is 2.99. The summed E-state index contributed by atoms with van der Waals surface area (Å²) in [5.74, 6) is 0.153. The molecule has 0 aromatic heterocycles. The second-order valence-electron chi connectivity index (χ2n) is 4.23. The standard InChI is InChI=1S/C12H15NO2S/c1-9-3-4-10(2)12(7-9)13-11-5-6-16(14,15)8-11/h3-7,11,13H,8H2,1-2H3. The molecule has 0 fully saturated rings. The van der Waals surface area contributed by atoms with Crippen LogP contribution in [0.4, 0.5) is 5.69 Å². The lowest BCUT2D eigenvalue weighted by atomic mass is 10.1. The fourth-order valence-electron chi connectivity index (χ4n) is 1.76. The van der Waals surface area contributed by atoms with Gasteiger partial charge in [-0.25, -0.2) is 8.42 Å². The third kappa shape index (κ3) is 2.44. The molecule has 1 aliphatic rings. The Labute approximate surface area is 96.1 Å². The van der Waals surface area contributed by atoms with Gasteiger partial charge in [-0.05, 0) is 31.0 Å². The number of rotatable bonds is 2. The molecule has 0 aliphatic carbocycles. The normalized spacial score (nSPS) is 22.2. The maximum Gasteiger partial charge on any atom is 0.173 e. The smallest absolute Gasteiger partial charge is 0.173 e. The highest BCUT2D eigenvalue weighted by Gasteiger charge is 2.21. The van der Waals surface area contributed by atoms with Gasteiger partial charge in [0, 0.05) is 11.1 Å². The molecular weight excluding hydrogens is 222 g/mol. The third-order valence-electron chi connectivity index (χ3n) is 2.66. The topological polar surface area (TPSA) is 46.2 Å². The highest BCUT2D eigenvalue weighted by Crippen LogP contribution is 2.20. The van der Waals surface area contributed by atoms with E-state index in [4.69, 9.17) is 0 Å². The molecule has 2 rings (SSSR count). The number of benzene rings is 1. The van der Waals surface area contributed by atoms with Crippen LogP contribution in [-0.4, -0.2) is 20.2 Å². The van der Waals surface area contributed by atoms with Crippen molar-refractivity contribution in [2.45, 2.75) is 19.9 Å². The first-order chi connectivity index (χ1) is 7.46. The van der Waals surface area contributed by atoms with Crippen molar-refractivity contribution in [1.29, 1.82) is 0 Å². The molecule has 0 amide bonds. The summed E-state index contributed by atoms with van der Waals surface area (Å²) in [6.07, 6.45) is 1.71. The average molecular weight is 237 g/mol. The Bertz CT molecular complexity index is 532. The monoisotopic (exact) mass is 237 g/mol. The van der Waals surface area contributed by atoms with Crippen LogP contribution in [-0.2, 0) is 9.84 Å². The average Bonchev–Trinajstić information content (AvgIpc) is 2.52. The summed E-state index contributed by atoms with van der Waals surface area (Å²) >= 11 is 0. The molecule has 0 bridgehead atoms. The van der Waals surface area contributed by atoms with Gasteiger partial charge < -0.3 is 5.32 Å².